The quantitative estimate of drug-likeness (QED) is 0.196. The highest BCUT2D eigenvalue weighted by Gasteiger charge is 2.63. The number of hydrogen-bond acceptors (Lipinski definition) is 9. The Hall–Kier alpha value is -5.33. The van der Waals surface area contributed by atoms with Gasteiger partial charge in [-0.05, 0) is 59.2 Å². The minimum atomic E-state index is -1.31. The van der Waals surface area contributed by atoms with Gasteiger partial charge in [0.05, 0.1) is 27.4 Å². The van der Waals surface area contributed by atoms with Gasteiger partial charge in [0.15, 0.2) is 6.23 Å². The van der Waals surface area contributed by atoms with Crippen LogP contribution in [-0.2, 0) is 19.8 Å². The monoisotopic (exact) mass is 661 g/mol. The van der Waals surface area contributed by atoms with Gasteiger partial charge >= 0.3 is 5.69 Å². The fourth-order valence-corrected chi connectivity index (χ4v) is 6.50. The maximum atomic E-state index is 13.2. The van der Waals surface area contributed by atoms with E-state index in [1.165, 1.54) is 16.8 Å². The number of aliphatic hydroxyl groups is 1. The van der Waals surface area contributed by atoms with Crippen LogP contribution in [0.15, 0.2) is 126 Å². The maximum absolute atomic E-state index is 13.2. The normalized spacial score (nSPS) is 21.3. The lowest BCUT2D eigenvalue weighted by atomic mass is 9.79. The van der Waals surface area contributed by atoms with Gasteiger partial charge in [0.1, 0.15) is 40.7 Å². The molecule has 2 aliphatic heterocycles. The van der Waals surface area contributed by atoms with Crippen LogP contribution >= 0.6 is 0 Å². The van der Waals surface area contributed by atoms with Gasteiger partial charge in [0.2, 0.25) is 0 Å². The number of hydrogen-bond donors (Lipinski definition) is 2. The van der Waals surface area contributed by atoms with E-state index in [1.54, 1.807) is 44.6 Å². The van der Waals surface area contributed by atoms with Crippen LogP contribution in [0.3, 0.4) is 0 Å². The second-order valence-corrected chi connectivity index (χ2v) is 11.9. The summed E-state index contributed by atoms with van der Waals surface area (Å²) in [6, 6.07) is 35.2. The Morgan fingerprint density at radius 3 is 2.02 bits per heavy atom. The first-order valence-electron chi connectivity index (χ1n) is 15.8. The van der Waals surface area contributed by atoms with Gasteiger partial charge < -0.3 is 34.1 Å². The van der Waals surface area contributed by atoms with Crippen molar-refractivity contribution in [2.24, 2.45) is 0 Å². The second-order valence-electron chi connectivity index (χ2n) is 11.9. The standard InChI is InChI=1S/C38H35N3O8/c1-45-29-17-13-27(14-18-29)38(26-11-7-4-8-12-26,28-15-19-30(46-2)20-16-28)48-24-37-23-47-32(33(37)42)35(49-37)41-22-21-31(40-36(41)44)39-34(43)25-9-5-3-6-10-25/h3-22,32-33,35,42H,23-24H2,1-2H3,(H,39,40,43,44)/t32-,33+,35-,37-/m1/s1. The van der Waals surface area contributed by atoms with Crippen molar-refractivity contribution in [2.45, 2.75) is 29.6 Å². The average molecular weight is 662 g/mol. The minimum Gasteiger partial charge on any atom is -0.497 e. The molecule has 250 valence electrons. The van der Waals surface area contributed by atoms with Gasteiger partial charge in [-0.2, -0.15) is 4.98 Å². The SMILES string of the molecule is COc1ccc(C(OC[C@@]23CO[C@@H]([C@H](n4ccc(NC(=O)c5ccccc5)nc4=O)O2)[C@@H]3O)(c2ccccc2)c2ccc(OC)cc2)cc1. The van der Waals surface area contributed by atoms with E-state index >= 15 is 0 Å². The number of rotatable bonds is 11. The first-order valence-corrected chi connectivity index (χ1v) is 15.8. The molecule has 4 aromatic carbocycles. The molecule has 0 aliphatic carbocycles. The number of fused-ring (bicyclic) bond motifs is 2. The number of anilines is 1. The molecular weight excluding hydrogens is 626 g/mol. The van der Waals surface area contributed by atoms with Crippen molar-refractivity contribution in [2.75, 3.05) is 32.8 Å². The third kappa shape index (κ3) is 5.87. The van der Waals surface area contributed by atoms with Crippen molar-refractivity contribution in [3.63, 3.8) is 0 Å². The zero-order valence-corrected chi connectivity index (χ0v) is 26.9. The predicted molar refractivity (Wildman–Crippen MR) is 180 cm³/mol. The molecule has 7 rings (SSSR count). The maximum Gasteiger partial charge on any atom is 0.351 e. The highest BCUT2D eigenvalue weighted by Crippen LogP contribution is 2.48. The van der Waals surface area contributed by atoms with Crippen LogP contribution in [0.2, 0.25) is 0 Å². The average Bonchev–Trinajstić information content (AvgIpc) is 3.61. The molecule has 4 atom stereocenters. The molecule has 11 nitrogen and oxygen atoms in total. The Morgan fingerprint density at radius 2 is 1.45 bits per heavy atom. The number of nitrogens with one attached hydrogen (secondary N) is 1. The Kier molecular flexibility index (Phi) is 8.74. The lowest BCUT2D eigenvalue weighted by molar-refractivity contribution is -0.204. The van der Waals surface area contributed by atoms with E-state index < -0.39 is 41.2 Å². The second kappa shape index (κ2) is 13.3. The van der Waals surface area contributed by atoms with Crippen molar-refractivity contribution in [1.29, 1.82) is 0 Å². The van der Waals surface area contributed by atoms with Crippen molar-refractivity contribution in [3.05, 3.63) is 154 Å². The van der Waals surface area contributed by atoms with E-state index in [1.807, 2.05) is 78.9 Å². The van der Waals surface area contributed by atoms with E-state index in [2.05, 4.69) is 10.3 Å². The van der Waals surface area contributed by atoms with Gasteiger partial charge in [-0.3, -0.25) is 9.36 Å². The third-order valence-electron chi connectivity index (χ3n) is 9.09. The largest absolute Gasteiger partial charge is 0.497 e. The first-order chi connectivity index (χ1) is 23.9. The van der Waals surface area contributed by atoms with Gasteiger partial charge in [-0.25, -0.2) is 4.79 Å². The summed E-state index contributed by atoms with van der Waals surface area (Å²) in [5.74, 6) is 1.07. The molecule has 2 saturated heterocycles. The third-order valence-corrected chi connectivity index (χ3v) is 9.09. The van der Waals surface area contributed by atoms with Crippen LogP contribution in [0.5, 0.6) is 11.5 Å². The first kappa shape index (κ1) is 32.2. The van der Waals surface area contributed by atoms with Crippen molar-refractivity contribution >= 4 is 11.7 Å². The molecular formula is C38H35N3O8. The molecule has 1 amide bonds. The molecule has 5 aromatic rings. The molecule has 3 heterocycles. The highest BCUT2D eigenvalue weighted by molar-refractivity contribution is 6.03. The number of carbonyl (C=O) groups excluding carboxylic acids is 1. The minimum absolute atomic E-state index is 0.0405. The fraction of sp³-hybridized carbons (Fsp3) is 0.237. The number of methoxy groups -OCH3 is 2. The van der Waals surface area contributed by atoms with Crippen LogP contribution in [0.4, 0.5) is 5.82 Å². The molecule has 0 unspecified atom stereocenters. The topological polar surface area (TPSA) is 130 Å². The molecule has 1 aromatic heterocycles. The molecule has 0 radical (unpaired) electrons. The lowest BCUT2D eigenvalue weighted by Gasteiger charge is -2.39. The summed E-state index contributed by atoms with van der Waals surface area (Å²) in [6.07, 6.45) is -1.50. The van der Waals surface area contributed by atoms with E-state index in [9.17, 15) is 14.7 Å². The molecule has 0 spiro atoms. The Morgan fingerprint density at radius 1 is 0.878 bits per heavy atom. The molecule has 2 bridgehead atoms. The number of nitrogens with zero attached hydrogens (tertiary/aromatic N) is 2. The van der Waals surface area contributed by atoms with Crippen molar-refractivity contribution < 1.29 is 33.6 Å². The van der Waals surface area contributed by atoms with E-state index in [-0.39, 0.29) is 19.0 Å². The summed E-state index contributed by atoms with van der Waals surface area (Å²) in [4.78, 5) is 29.9. The fourth-order valence-electron chi connectivity index (χ4n) is 6.50. The summed E-state index contributed by atoms with van der Waals surface area (Å²) in [6.45, 7) is -0.0552. The van der Waals surface area contributed by atoms with E-state index in [0.717, 1.165) is 16.7 Å². The van der Waals surface area contributed by atoms with Gasteiger partial charge in [0.25, 0.3) is 5.91 Å². The lowest BCUT2D eigenvalue weighted by Crippen LogP contribution is -2.48. The van der Waals surface area contributed by atoms with Crippen molar-refractivity contribution in [3.8, 4) is 11.5 Å². The summed E-state index contributed by atoms with van der Waals surface area (Å²) in [5.41, 5.74) is -0.249. The van der Waals surface area contributed by atoms with Gasteiger partial charge in [-0.1, -0.05) is 72.8 Å². The summed E-state index contributed by atoms with van der Waals surface area (Å²) in [7, 11) is 3.22. The molecule has 2 fully saturated rings. The predicted octanol–water partition coefficient (Wildman–Crippen LogP) is 4.55. The summed E-state index contributed by atoms with van der Waals surface area (Å²) >= 11 is 0. The smallest absolute Gasteiger partial charge is 0.351 e. The number of benzene rings is 4. The van der Waals surface area contributed by atoms with Crippen molar-refractivity contribution in [1.82, 2.24) is 9.55 Å². The summed E-state index contributed by atoms with van der Waals surface area (Å²) in [5, 5.41) is 14.2. The highest BCUT2D eigenvalue weighted by atomic mass is 16.7. The summed E-state index contributed by atoms with van der Waals surface area (Å²) < 4.78 is 31.7. The zero-order chi connectivity index (χ0) is 34.0. The number of aromatic nitrogens is 2. The Balaban J connectivity index is 1.20. The van der Waals surface area contributed by atoms with Crippen LogP contribution in [0, 0.1) is 0 Å². The van der Waals surface area contributed by atoms with E-state index in [4.69, 9.17) is 23.7 Å². The van der Waals surface area contributed by atoms with E-state index in [0.29, 0.717) is 17.1 Å². The molecule has 0 saturated carbocycles. The van der Waals surface area contributed by atoms with Gasteiger partial charge in [-0.15, -0.1) is 0 Å². The van der Waals surface area contributed by atoms with Crippen LogP contribution < -0.4 is 20.5 Å². The molecule has 49 heavy (non-hydrogen) atoms. The van der Waals surface area contributed by atoms with Crippen LogP contribution in [0.25, 0.3) is 0 Å². The van der Waals surface area contributed by atoms with Crippen LogP contribution in [-0.4, -0.2) is 65.8 Å². The molecule has 2 N–H and O–H groups in total. The molecule has 2 aliphatic rings. The number of carbonyl (C=O) groups is 1. The molecule has 11 heteroatoms. The van der Waals surface area contributed by atoms with Crippen LogP contribution in [0.1, 0.15) is 33.3 Å². The number of ether oxygens (including phenoxy) is 5. The Bertz CT molecular complexity index is 1920. The number of amides is 1. The number of aliphatic hydroxyl groups excluding tert-OH is 1. The Labute approximate surface area is 282 Å². The van der Waals surface area contributed by atoms with Gasteiger partial charge in [0, 0.05) is 11.8 Å². The zero-order valence-electron chi connectivity index (χ0n) is 26.9.